The lowest BCUT2D eigenvalue weighted by atomic mass is 9.90. The minimum atomic E-state index is -0.00693. The average molecular weight is 468 g/mol. The van der Waals surface area contributed by atoms with Crippen LogP contribution in [0.1, 0.15) is 48.2 Å². The van der Waals surface area contributed by atoms with Crippen molar-refractivity contribution < 1.29 is 14.3 Å². The molecular formula is C26H33N3O3S. The number of carbonyl (C=O) groups is 1. The molecule has 0 fully saturated rings. The summed E-state index contributed by atoms with van der Waals surface area (Å²) in [5.41, 5.74) is 4.14. The maximum absolute atomic E-state index is 13.8. The summed E-state index contributed by atoms with van der Waals surface area (Å²) in [5, 5.41) is 0.669. The monoisotopic (exact) mass is 467 g/mol. The topological polar surface area (TPSA) is 54.9 Å². The third-order valence-corrected chi connectivity index (χ3v) is 7.60. The number of hydrogen-bond acceptors (Lipinski definition) is 6. The van der Waals surface area contributed by atoms with Gasteiger partial charge in [-0.3, -0.25) is 9.69 Å². The number of carbonyl (C=O) groups excluding carboxylic acids is 1. The molecule has 0 saturated carbocycles. The smallest absolute Gasteiger partial charge is 0.260 e. The Morgan fingerprint density at radius 2 is 1.67 bits per heavy atom. The predicted molar refractivity (Wildman–Crippen MR) is 135 cm³/mol. The quantitative estimate of drug-likeness (QED) is 0.434. The van der Waals surface area contributed by atoms with Gasteiger partial charge >= 0.3 is 0 Å². The van der Waals surface area contributed by atoms with E-state index in [0.29, 0.717) is 17.4 Å². The number of anilines is 1. The second kappa shape index (κ2) is 10.5. The van der Waals surface area contributed by atoms with Crippen molar-refractivity contribution in [3.8, 4) is 11.5 Å². The number of rotatable bonds is 9. The molecule has 1 aromatic heterocycles. The van der Waals surface area contributed by atoms with Crippen LogP contribution in [-0.2, 0) is 12.8 Å². The Labute approximate surface area is 200 Å². The summed E-state index contributed by atoms with van der Waals surface area (Å²) >= 11 is 1.48. The van der Waals surface area contributed by atoms with Gasteiger partial charge in [-0.25, -0.2) is 4.98 Å². The van der Waals surface area contributed by atoms with Gasteiger partial charge in [0.15, 0.2) is 5.13 Å². The summed E-state index contributed by atoms with van der Waals surface area (Å²) in [4.78, 5) is 22.8. The summed E-state index contributed by atoms with van der Waals surface area (Å²) in [7, 11) is 3.29. The fraction of sp³-hybridized carbons (Fsp3) is 0.462. The first-order valence-corrected chi connectivity index (χ1v) is 12.6. The fourth-order valence-corrected chi connectivity index (χ4v) is 5.58. The van der Waals surface area contributed by atoms with Crippen LogP contribution in [0.15, 0.2) is 30.3 Å². The maximum Gasteiger partial charge on any atom is 0.260 e. The average Bonchev–Trinajstić information content (AvgIpc) is 3.30. The largest absolute Gasteiger partial charge is 0.495 e. The van der Waals surface area contributed by atoms with Crippen molar-refractivity contribution in [3.63, 3.8) is 0 Å². The van der Waals surface area contributed by atoms with Crippen molar-refractivity contribution in [2.45, 2.75) is 39.5 Å². The highest BCUT2D eigenvalue weighted by Gasteiger charge is 2.25. The molecule has 3 aromatic rings. The molecule has 7 heteroatoms. The molecule has 0 saturated heterocycles. The van der Waals surface area contributed by atoms with Gasteiger partial charge in [0.1, 0.15) is 21.7 Å². The summed E-state index contributed by atoms with van der Waals surface area (Å²) in [6.07, 6.45) is 4.57. The highest BCUT2D eigenvalue weighted by Crippen LogP contribution is 2.40. The van der Waals surface area contributed by atoms with Crippen LogP contribution >= 0.6 is 11.3 Å². The summed E-state index contributed by atoms with van der Waals surface area (Å²) < 4.78 is 12.0. The van der Waals surface area contributed by atoms with E-state index >= 15 is 0 Å². The normalized spacial score (nSPS) is 13.2. The lowest BCUT2D eigenvalue weighted by Crippen LogP contribution is -2.39. The number of fused-ring (bicyclic) bond motifs is 2. The number of benzene rings is 2. The molecule has 1 amide bonds. The van der Waals surface area contributed by atoms with Crippen molar-refractivity contribution in [2.75, 3.05) is 45.3 Å². The van der Waals surface area contributed by atoms with E-state index in [9.17, 15) is 4.79 Å². The van der Waals surface area contributed by atoms with Gasteiger partial charge in [-0.1, -0.05) is 31.3 Å². The Balaban J connectivity index is 1.74. The minimum Gasteiger partial charge on any atom is -0.495 e. The predicted octanol–water partition coefficient (Wildman–Crippen LogP) is 5.18. The van der Waals surface area contributed by atoms with Crippen LogP contribution in [0.2, 0.25) is 0 Å². The van der Waals surface area contributed by atoms with E-state index in [1.807, 2.05) is 23.1 Å². The highest BCUT2D eigenvalue weighted by molar-refractivity contribution is 7.22. The Hall–Kier alpha value is -2.64. The molecule has 6 nitrogen and oxygen atoms in total. The summed E-state index contributed by atoms with van der Waals surface area (Å²) in [6, 6.07) is 9.95. The van der Waals surface area contributed by atoms with E-state index in [2.05, 4.69) is 30.9 Å². The van der Waals surface area contributed by atoms with Crippen LogP contribution in [0, 0.1) is 0 Å². The molecule has 0 unspecified atom stereocenters. The van der Waals surface area contributed by atoms with E-state index in [0.717, 1.165) is 54.0 Å². The van der Waals surface area contributed by atoms with Crippen molar-refractivity contribution in [2.24, 2.45) is 0 Å². The summed E-state index contributed by atoms with van der Waals surface area (Å²) in [6.45, 7) is 7.53. The second-order valence-electron chi connectivity index (χ2n) is 8.32. The number of hydrogen-bond donors (Lipinski definition) is 0. The third-order valence-electron chi connectivity index (χ3n) is 6.50. The lowest BCUT2D eigenvalue weighted by Gasteiger charge is -2.25. The maximum atomic E-state index is 13.8. The molecule has 2 aromatic carbocycles. The van der Waals surface area contributed by atoms with Crippen LogP contribution < -0.4 is 14.4 Å². The van der Waals surface area contributed by atoms with Gasteiger partial charge in [0.2, 0.25) is 0 Å². The first kappa shape index (κ1) is 23.5. The van der Waals surface area contributed by atoms with Gasteiger partial charge in [0, 0.05) is 18.7 Å². The number of amides is 1. The molecule has 0 N–H and O–H groups in total. The molecule has 1 aliphatic rings. The van der Waals surface area contributed by atoms with Crippen LogP contribution in [0.25, 0.3) is 10.2 Å². The molecule has 176 valence electrons. The first-order valence-electron chi connectivity index (χ1n) is 11.8. The van der Waals surface area contributed by atoms with Crippen molar-refractivity contribution in [1.82, 2.24) is 9.88 Å². The van der Waals surface area contributed by atoms with Crippen LogP contribution in [0.4, 0.5) is 5.13 Å². The van der Waals surface area contributed by atoms with Crippen molar-refractivity contribution >= 4 is 32.6 Å². The number of aromatic nitrogens is 1. The fourth-order valence-electron chi connectivity index (χ4n) is 4.48. The molecule has 0 atom stereocenters. The van der Waals surface area contributed by atoms with Gasteiger partial charge in [-0.2, -0.15) is 0 Å². The molecule has 4 rings (SSSR count). The lowest BCUT2D eigenvalue weighted by molar-refractivity contribution is 0.0983. The molecule has 33 heavy (non-hydrogen) atoms. The number of nitrogens with zero attached hydrogens (tertiary/aromatic N) is 3. The van der Waals surface area contributed by atoms with Crippen molar-refractivity contribution in [1.29, 1.82) is 0 Å². The molecule has 1 aliphatic carbocycles. The van der Waals surface area contributed by atoms with Crippen LogP contribution in [0.5, 0.6) is 11.5 Å². The Bertz CT molecular complexity index is 1080. The molecular weight excluding hydrogens is 434 g/mol. The molecule has 0 aliphatic heterocycles. The first-order chi connectivity index (χ1) is 16.1. The van der Waals surface area contributed by atoms with E-state index in [1.54, 1.807) is 14.2 Å². The highest BCUT2D eigenvalue weighted by atomic mass is 32.1. The van der Waals surface area contributed by atoms with Gasteiger partial charge in [-0.15, -0.1) is 0 Å². The number of ether oxygens (including phenoxy) is 2. The Morgan fingerprint density at radius 3 is 2.36 bits per heavy atom. The van der Waals surface area contributed by atoms with Crippen LogP contribution in [-0.4, -0.2) is 56.2 Å². The van der Waals surface area contributed by atoms with E-state index in [-0.39, 0.29) is 5.91 Å². The molecule has 0 bridgehead atoms. The van der Waals surface area contributed by atoms with Gasteiger partial charge < -0.3 is 14.4 Å². The zero-order chi connectivity index (χ0) is 23.4. The zero-order valence-corrected chi connectivity index (χ0v) is 20.8. The van der Waals surface area contributed by atoms with E-state index < -0.39 is 0 Å². The number of methoxy groups -OCH3 is 2. The number of thiazole rings is 1. The second-order valence-corrected chi connectivity index (χ2v) is 9.30. The van der Waals surface area contributed by atoms with Crippen molar-refractivity contribution in [3.05, 3.63) is 47.0 Å². The van der Waals surface area contributed by atoms with Gasteiger partial charge in [-0.05, 0) is 74.2 Å². The minimum absolute atomic E-state index is 0.00693. The Morgan fingerprint density at radius 1 is 0.970 bits per heavy atom. The standard InChI is InChI=1S/C26H33N3O3S/c1-5-28(6-2)15-16-29(25(30)20-12-11-18-9-7-8-10-19(18)17-20)26-27-23-21(31-3)13-14-22(32-4)24(23)33-26/h11-14,17H,5-10,15-16H2,1-4H3. The molecule has 0 radical (unpaired) electrons. The Kier molecular flexibility index (Phi) is 7.50. The number of aryl methyl sites for hydroxylation is 2. The third kappa shape index (κ3) is 4.84. The van der Waals surface area contributed by atoms with Gasteiger partial charge in [0.25, 0.3) is 5.91 Å². The number of likely N-dealkylation sites (N-methyl/N-ethyl adjacent to an activating group) is 1. The molecule has 1 heterocycles. The molecule has 0 spiro atoms. The SMILES string of the molecule is CCN(CC)CCN(C(=O)c1ccc2c(c1)CCCC2)c1nc2c(OC)ccc(OC)c2s1. The van der Waals surface area contributed by atoms with Crippen LogP contribution in [0.3, 0.4) is 0 Å². The van der Waals surface area contributed by atoms with Gasteiger partial charge in [0.05, 0.1) is 14.2 Å². The summed E-state index contributed by atoms with van der Waals surface area (Å²) in [5.74, 6) is 1.41. The van der Waals surface area contributed by atoms with E-state index in [1.165, 1.54) is 35.3 Å². The van der Waals surface area contributed by atoms with E-state index in [4.69, 9.17) is 14.5 Å². The zero-order valence-electron chi connectivity index (χ0n) is 20.0.